The molecule has 0 saturated carbocycles. The average Bonchev–Trinajstić information content (AvgIpc) is 3.18. The van der Waals surface area contributed by atoms with Crippen molar-refractivity contribution in [1.82, 2.24) is 19.4 Å². The Kier molecular flexibility index (Phi) is 4.74. The summed E-state index contributed by atoms with van der Waals surface area (Å²) in [6, 6.07) is 21.6. The fourth-order valence-corrected chi connectivity index (χ4v) is 5.35. The number of ether oxygens (including phenoxy) is 1. The van der Waals surface area contributed by atoms with Gasteiger partial charge in [-0.05, 0) is 0 Å². The van der Waals surface area contributed by atoms with Gasteiger partial charge in [-0.15, -0.1) is 0 Å². The number of benzene rings is 2. The van der Waals surface area contributed by atoms with Crippen LogP contribution >= 0.6 is 0 Å². The van der Waals surface area contributed by atoms with Crippen molar-refractivity contribution in [2.45, 2.75) is 6.92 Å². The van der Waals surface area contributed by atoms with Crippen LogP contribution in [0.25, 0.3) is 27.7 Å². The van der Waals surface area contributed by atoms with Gasteiger partial charge in [0.25, 0.3) is 0 Å². The first kappa shape index (κ1) is 17.9. The Morgan fingerprint density at radius 2 is 1.86 bits per heavy atom. The summed E-state index contributed by atoms with van der Waals surface area (Å²) in [7, 11) is 0. The number of aromatic nitrogens is 4. The van der Waals surface area contributed by atoms with Crippen LogP contribution in [0.5, 0.6) is 6.01 Å². The third-order valence-corrected chi connectivity index (χ3v) is 6.95. The molecule has 3 aromatic heterocycles. The van der Waals surface area contributed by atoms with Crippen molar-refractivity contribution in [3.05, 3.63) is 79.3 Å². The molecule has 0 N–H and O–H groups in total. The van der Waals surface area contributed by atoms with E-state index >= 15 is 0 Å². The zero-order valence-corrected chi connectivity index (χ0v) is 17.7. The van der Waals surface area contributed by atoms with Gasteiger partial charge in [0.2, 0.25) is 0 Å². The Labute approximate surface area is 175 Å². The molecule has 0 fully saturated rings. The molecule has 1 radical (unpaired) electrons. The van der Waals surface area contributed by atoms with Crippen molar-refractivity contribution < 1.29 is 4.74 Å². The standard InChI is InChI=1S/C23H18AsN4O/c1-2-29-23-26-15-21-22(25-12-13-28(21)23)24-18-10-8-17-9-11-19(27-20(17)14-18)16-6-4-3-5-7-16/h3-15H,2H2,1H3. The SMILES string of the molecule is CCOc1ncc2c([As]c3ccc4ccc(-c5ccccc5)nc4c3)nccn12. The van der Waals surface area contributed by atoms with Gasteiger partial charge in [0.15, 0.2) is 0 Å². The molecule has 0 amide bonds. The number of hydrogen-bond acceptors (Lipinski definition) is 4. The van der Waals surface area contributed by atoms with Crippen molar-refractivity contribution in [2.75, 3.05) is 6.61 Å². The molecule has 5 nitrogen and oxygen atoms in total. The van der Waals surface area contributed by atoms with Gasteiger partial charge in [0, 0.05) is 0 Å². The van der Waals surface area contributed by atoms with E-state index in [-0.39, 0.29) is 15.8 Å². The monoisotopic (exact) mass is 441 g/mol. The molecular weight excluding hydrogens is 423 g/mol. The summed E-state index contributed by atoms with van der Waals surface area (Å²) >= 11 is -0.303. The molecule has 29 heavy (non-hydrogen) atoms. The molecule has 5 rings (SSSR count). The minimum atomic E-state index is -0.303. The van der Waals surface area contributed by atoms with Crippen LogP contribution in [-0.2, 0) is 0 Å². The number of hydrogen-bond donors (Lipinski definition) is 0. The van der Waals surface area contributed by atoms with Crippen LogP contribution in [0.2, 0.25) is 0 Å². The van der Waals surface area contributed by atoms with Gasteiger partial charge in [-0.3, -0.25) is 0 Å². The van der Waals surface area contributed by atoms with Crippen LogP contribution in [0.3, 0.4) is 0 Å². The second-order valence-corrected chi connectivity index (χ2v) is 8.97. The molecule has 0 aliphatic rings. The van der Waals surface area contributed by atoms with Gasteiger partial charge >= 0.3 is 175 Å². The van der Waals surface area contributed by atoms with Crippen LogP contribution < -0.4 is 13.6 Å². The molecule has 3 heterocycles. The maximum atomic E-state index is 5.60. The van der Waals surface area contributed by atoms with E-state index in [4.69, 9.17) is 9.72 Å². The molecule has 0 aliphatic carbocycles. The fourth-order valence-electron chi connectivity index (χ4n) is 3.28. The van der Waals surface area contributed by atoms with Gasteiger partial charge < -0.3 is 0 Å². The Morgan fingerprint density at radius 3 is 2.72 bits per heavy atom. The Hall–Kier alpha value is -3.17. The maximum absolute atomic E-state index is 5.60. The van der Waals surface area contributed by atoms with E-state index in [2.05, 4.69) is 52.4 Å². The summed E-state index contributed by atoms with van der Waals surface area (Å²) in [4.78, 5) is 13.9. The van der Waals surface area contributed by atoms with E-state index in [0.29, 0.717) is 12.6 Å². The van der Waals surface area contributed by atoms with E-state index in [1.165, 1.54) is 4.35 Å². The summed E-state index contributed by atoms with van der Waals surface area (Å²) < 4.78 is 9.88. The third-order valence-electron chi connectivity index (χ3n) is 4.66. The molecule has 6 heteroatoms. The van der Waals surface area contributed by atoms with Crippen molar-refractivity contribution in [3.63, 3.8) is 0 Å². The van der Waals surface area contributed by atoms with E-state index in [1.54, 1.807) is 0 Å². The third kappa shape index (κ3) is 3.50. The van der Waals surface area contributed by atoms with Crippen molar-refractivity contribution >= 4 is 41.0 Å². The molecular formula is C23H18AsN4O. The molecule has 0 atom stereocenters. The Morgan fingerprint density at radius 1 is 1.00 bits per heavy atom. The number of fused-ring (bicyclic) bond motifs is 2. The van der Waals surface area contributed by atoms with E-state index in [0.717, 1.165) is 32.2 Å². The second-order valence-electron chi connectivity index (χ2n) is 6.53. The van der Waals surface area contributed by atoms with Crippen LogP contribution in [0, 0.1) is 0 Å². The number of imidazole rings is 1. The fraction of sp³-hybridized carbons (Fsp3) is 0.0870. The summed E-state index contributed by atoms with van der Waals surface area (Å²) in [6.07, 6.45) is 5.55. The first-order valence-corrected chi connectivity index (χ1v) is 11.3. The molecule has 0 spiro atoms. The molecule has 2 aromatic carbocycles. The number of rotatable bonds is 5. The molecule has 0 unspecified atom stereocenters. The Balaban J connectivity index is 1.52. The van der Waals surface area contributed by atoms with Gasteiger partial charge in [-0.2, -0.15) is 0 Å². The molecule has 0 bridgehead atoms. The zero-order valence-electron chi connectivity index (χ0n) is 15.9. The van der Waals surface area contributed by atoms with E-state index in [9.17, 15) is 0 Å². The van der Waals surface area contributed by atoms with E-state index in [1.807, 2.05) is 48.1 Å². The summed E-state index contributed by atoms with van der Waals surface area (Å²) in [6.45, 7) is 2.55. The quantitative estimate of drug-likeness (QED) is 0.394. The predicted octanol–water partition coefficient (Wildman–Crippen LogP) is 3.00. The first-order chi connectivity index (χ1) is 14.3. The van der Waals surface area contributed by atoms with Crippen LogP contribution in [0.15, 0.2) is 79.3 Å². The molecule has 0 aliphatic heterocycles. The molecule has 0 saturated heterocycles. The van der Waals surface area contributed by atoms with Crippen LogP contribution in [0.4, 0.5) is 0 Å². The van der Waals surface area contributed by atoms with Crippen molar-refractivity contribution in [2.24, 2.45) is 0 Å². The normalized spacial score (nSPS) is 11.6. The van der Waals surface area contributed by atoms with Crippen LogP contribution in [-0.4, -0.2) is 41.7 Å². The second kappa shape index (κ2) is 7.69. The van der Waals surface area contributed by atoms with Crippen molar-refractivity contribution in [3.8, 4) is 17.3 Å². The average molecular weight is 441 g/mol. The Bertz CT molecular complexity index is 1300. The van der Waals surface area contributed by atoms with Gasteiger partial charge in [0.05, 0.1) is 0 Å². The van der Waals surface area contributed by atoms with Crippen LogP contribution in [0.1, 0.15) is 6.92 Å². The van der Waals surface area contributed by atoms with Gasteiger partial charge in [-0.1, -0.05) is 0 Å². The van der Waals surface area contributed by atoms with E-state index < -0.39 is 0 Å². The molecule has 141 valence electrons. The number of pyridine rings is 1. The molecule has 5 aromatic rings. The van der Waals surface area contributed by atoms with Crippen molar-refractivity contribution in [1.29, 1.82) is 0 Å². The first-order valence-electron chi connectivity index (χ1n) is 9.44. The predicted molar refractivity (Wildman–Crippen MR) is 116 cm³/mol. The zero-order chi connectivity index (χ0) is 19.6. The van der Waals surface area contributed by atoms with Gasteiger partial charge in [0.1, 0.15) is 0 Å². The minimum absolute atomic E-state index is 0.303. The van der Waals surface area contributed by atoms with Gasteiger partial charge in [-0.25, -0.2) is 0 Å². The number of nitrogens with zero attached hydrogens (tertiary/aromatic N) is 4. The topological polar surface area (TPSA) is 52.3 Å². The summed E-state index contributed by atoms with van der Waals surface area (Å²) in [5.74, 6) is 0. The summed E-state index contributed by atoms with van der Waals surface area (Å²) in [5.41, 5.74) is 4.13. The summed E-state index contributed by atoms with van der Waals surface area (Å²) in [5, 5.41) is 1.14.